The van der Waals surface area contributed by atoms with Gasteiger partial charge in [0.25, 0.3) is 11.8 Å². The number of nitrogens with zero attached hydrogens (tertiary/aromatic N) is 3. The smallest absolute Gasteiger partial charge is 0.255 e. The molecule has 3 amide bonds. The molecule has 3 aliphatic rings. The van der Waals surface area contributed by atoms with Crippen LogP contribution in [0.15, 0.2) is 42.5 Å². The van der Waals surface area contributed by atoms with E-state index in [-0.39, 0.29) is 23.3 Å². The van der Waals surface area contributed by atoms with E-state index in [0.717, 1.165) is 50.9 Å². The van der Waals surface area contributed by atoms with E-state index in [1.807, 2.05) is 21.9 Å². The summed E-state index contributed by atoms with van der Waals surface area (Å²) in [5, 5.41) is 6.25. The van der Waals surface area contributed by atoms with Gasteiger partial charge in [-0.2, -0.15) is 0 Å². The maximum Gasteiger partial charge on any atom is 0.255 e. The van der Waals surface area contributed by atoms with Crippen LogP contribution in [0.4, 0.5) is 15.8 Å². The van der Waals surface area contributed by atoms with Crippen LogP contribution in [0.1, 0.15) is 59.2 Å². The lowest BCUT2D eigenvalue weighted by Crippen LogP contribution is -2.50. The predicted molar refractivity (Wildman–Crippen MR) is 150 cm³/mol. The molecule has 2 aromatic rings. The minimum atomic E-state index is -0.486. The average Bonchev–Trinajstić information content (AvgIpc) is 3.27. The van der Waals surface area contributed by atoms with Gasteiger partial charge in [0.05, 0.1) is 11.4 Å². The largest absolute Gasteiger partial charge is 0.366 e. The minimum Gasteiger partial charge on any atom is -0.366 e. The van der Waals surface area contributed by atoms with Crippen molar-refractivity contribution >= 4 is 29.1 Å². The van der Waals surface area contributed by atoms with E-state index in [2.05, 4.69) is 15.5 Å². The van der Waals surface area contributed by atoms with Gasteiger partial charge in [-0.25, -0.2) is 4.39 Å². The van der Waals surface area contributed by atoms with Crippen LogP contribution in [0.3, 0.4) is 0 Å². The molecule has 3 fully saturated rings. The van der Waals surface area contributed by atoms with E-state index in [0.29, 0.717) is 50.5 Å². The van der Waals surface area contributed by atoms with Crippen molar-refractivity contribution < 1.29 is 18.8 Å². The number of benzene rings is 2. The molecule has 2 saturated heterocycles. The molecule has 9 heteroatoms. The van der Waals surface area contributed by atoms with Crippen LogP contribution in [-0.4, -0.2) is 79.9 Å². The van der Waals surface area contributed by atoms with Gasteiger partial charge in [0.2, 0.25) is 5.91 Å². The second-order valence-corrected chi connectivity index (χ2v) is 10.7. The van der Waals surface area contributed by atoms with E-state index >= 15 is 0 Å². The van der Waals surface area contributed by atoms with Gasteiger partial charge >= 0.3 is 0 Å². The molecule has 2 aliphatic heterocycles. The molecule has 1 aliphatic carbocycles. The van der Waals surface area contributed by atoms with Crippen molar-refractivity contribution in [1.29, 1.82) is 0 Å². The molecule has 1 saturated carbocycles. The molecule has 2 heterocycles. The van der Waals surface area contributed by atoms with Crippen molar-refractivity contribution in [2.45, 2.75) is 38.5 Å². The van der Waals surface area contributed by atoms with E-state index in [4.69, 9.17) is 0 Å². The number of halogens is 1. The first-order valence-electron chi connectivity index (χ1n) is 14.2. The Morgan fingerprint density at radius 2 is 1.59 bits per heavy atom. The molecule has 8 nitrogen and oxygen atoms in total. The summed E-state index contributed by atoms with van der Waals surface area (Å²) in [4.78, 5) is 45.5. The zero-order valence-electron chi connectivity index (χ0n) is 22.5. The third-order valence-electron chi connectivity index (χ3n) is 8.09. The number of hydrogen-bond donors (Lipinski definition) is 2. The molecular weight excluding hydrogens is 497 g/mol. The molecule has 208 valence electrons. The fraction of sp³-hybridized carbons (Fsp3) is 0.500. The second-order valence-electron chi connectivity index (χ2n) is 10.7. The number of amides is 3. The average molecular weight is 536 g/mol. The Balaban J connectivity index is 1.35. The van der Waals surface area contributed by atoms with Crippen LogP contribution in [0, 0.1) is 11.7 Å². The number of nitrogens with one attached hydrogen (secondary N) is 2. The molecule has 0 aromatic heterocycles. The molecule has 0 atom stereocenters. The van der Waals surface area contributed by atoms with E-state index < -0.39 is 11.7 Å². The maximum absolute atomic E-state index is 13.8. The molecule has 5 rings (SSSR count). The predicted octanol–water partition coefficient (Wildman–Crippen LogP) is 3.74. The van der Waals surface area contributed by atoms with Crippen LogP contribution >= 0.6 is 0 Å². The van der Waals surface area contributed by atoms with Gasteiger partial charge in [0.15, 0.2) is 0 Å². The Bertz CT molecular complexity index is 1180. The van der Waals surface area contributed by atoms with Gasteiger partial charge in [-0.3, -0.25) is 14.4 Å². The Labute approximate surface area is 229 Å². The molecular formula is C30H38FN5O3. The van der Waals surface area contributed by atoms with Crippen molar-refractivity contribution in [3.63, 3.8) is 0 Å². The normalized spacial score (nSPS) is 18.9. The van der Waals surface area contributed by atoms with Gasteiger partial charge in [-0.15, -0.1) is 0 Å². The van der Waals surface area contributed by atoms with Crippen molar-refractivity contribution in [3.8, 4) is 0 Å². The topological polar surface area (TPSA) is 85.0 Å². The first-order chi connectivity index (χ1) is 19.0. The fourth-order valence-electron chi connectivity index (χ4n) is 5.88. The van der Waals surface area contributed by atoms with E-state index in [1.54, 1.807) is 12.1 Å². The van der Waals surface area contributed by atoms with Gasteiger partial charge in [-0.1, -0.05) is 25.3 Å². The number of anilines is 2. The highest BCUT2D eigenvalue weighted by Gasteiger charge is 2.29. The van der Waals surface area contributed by atoms with Crippen LogP contribution < -0.4 is 15.5 Å². The summed E-state index contributed by atoms with van der Waals surface area (Å²) in [5.74, 6) is -0.590. The number of carbonyl (C=O) groups is 3. The maximum atomic E-state index is 13.8. The Hall–Kier alpha value is -3.46. The van der Waals surface area contributed by atoms with Gasteiger partial charge < -0.3 is 25.3 Å². The first-order valence-corrected chi connectivity index (χ1v) is 14.2. The van der Waals surface area contributed by atoms with Crippen LogP contribution in [0.2, 0.25) is 0 Å². The van der Waals surface area contributed by atoms with Gasteiger partial charge in [0.1, 0.15) is 5.82 Å². The highest BCUT2D eigenvalue weighted by molar-refractivity contribution is 6.07. The molecule has 39 heavy (non-hydrogen) atoms. The molecule has 2 N–H and O–H groups in total. The zero-order valence-corrected chi connectivity index (χ0v) is 22.5. The van der Waals surface area contributed by atoms with Crippen molar-refractivity contribution in [2.24, 2.45) is 5.92 Å². The molecule has 0 unspecified atom stereocenters. The second kappa shape index (κ2) is 12.6. The standard InChI is InChI=1S/C30H38FN5O3/c31-25-9-4-8-23(20-25)28(37)33-26-21-24(30(39)35-14-5-12-32-13-15-35)10-11-27(26)34-16-18-36(19-17-34)29(38)22-6-2-1-3-7-22/h4,8-11,20-22,32H,1-3,5-7,12-19H2,(H,33,37). The summed E-state index contributed by atoms with van der Waals surface area (Å²) < 4.78 is 13.8. The summed E-state index contributed by atoms with van der Waals surface area (Å²) >= 11 is 0. The Kier molecular flexibility index (Phi) is 8.76. The van der Waals surface area contributed by atoms with Gasteiger partial charge in [-0.05, 0) is 62.2 Å². The first kappa shape index (κ1) is 27.1. The third kappa shape index (κ3) is 6.58. The van der Waals surface area contributed by atoms with E-state index in [1.165, 1.54) is 24.6 Å². The highest BCUT2D eigenvalue weighted by atomic mass is 19.1. The number of piperazine rings is 1. The fourth-order valence-corrected chi connectivity index (χ4v) is 5.88. The summed E-state index contributed by atoms with van der Waals surface area (Å²) in [6.45, 7) is 5.43. The van der Waals surface area contributed by atoms with Crippen molar-refractivity contribution in [1.82, 2.24) is 15.1 Å². The number of hydrogen-bond acceptors (Lipinski definition) is 5. The molecule has 0 bridgehead atoms. The number of carbonyl (C=O) groups excluding carboxylic acids is 3. The van der Waals surface area contributed by atoms with Crippen molar-refractivity contribution in [3.05, 3.63) is 59.4 Å². The monoisotopic (exact) mass is 535 g/mol. The van der Waals surface area contributed by atoms with Crippen LogP contribution in [-0.2, 0) is 4.79 Å². The quantitative estimate of drug-likeness (QED) is 0.610. The van der Waals surface area contributed by atoms with Crippen LogP contribution in [0.25, 0.3) is 0 Å². The SMILES string of the molecule is O=C(Nc1cc(C(=O)N2CCCNCC2)ccc1N1CCN(C(=O)C2CCCCC2)CC1)c1cccc(F)c1. The summed E-state index contributed by atoms with van der Waals surface area (Å²) in [5.41, 5.74) is 2.01. The third-order valence-corrected chi connectivity index (χ3v) is 8.09. The van der Waals surface area contributed by atoms with Gasteiger partial charge in [0, 0.05) is 62.9 Å². The Morgan fingerprint density at radius 1 is 0.795 bits per heavy atom. The lowest BCUT2D eigenvalue weighted by Gasteiger charge is -2.39. The van der Waals surface area contributed by atoms with Crippen molar-refractivity contribution in [2.75, 3.05) is 62.6 Å². The lowest BCUT2D eigenvalue weighted by atomic mass is 9.88. The zero-order chi connectivity index (χ0) is 27.2. The van der Waals surface area contributed by atoms with E-state index in [9.17, 15) is 18.8 Å². The lowest BCUT2D eigenvalue weighted by molar-refractivity contribution is -0.136. The molecule has 0 radical (unpaired) electrons. The summed E-state index contributed by atoms with van der Waals surface area (Å²) in [6.07, 6.45) is 6.33. The number of rotatable bonds is 5. The highest BCUT2D eigenvalue weighted by Crippen LogP contribution is 2.31. The molecule has 0 spiro atoms. The summed E-state index contributed by atoms with van der Waals surface area (Å²) in [6, 6.07) is 11.0. The minimum absolute atomic E-state index is 0.0746. The summed E-state index contributed by atoms with van der Waals surface area (Å²) in [7, 11) is 0. The molecule has 2 aromatic carbocycles. The van der Waals surface area contributed by atoms with Crippen LogP contribution in [0.5, 0.6) is 0 Å². The Morgan fingerprint density at radius 3 is 2.36 bits per heavy atom.